The van der Waals surface area contributed by atoms with Crippen molar-refractivity contribution in [3.8, 4) is 0 Å². The second-order valence-electron chi connectivity index (χ2n) is 5.83. The van der Waals surface area contributed by atoms with E-state index in [9.17, 15) is 14.4 Å². The number of nitrogens with zero attached hydrogens (tertiary/aromatic N) is 4. The molecule has 4 atom stereocenters. The second-order valence-corrected chi connectivity index (χ2v) is 5.83. The zero-order chi connectivity index (χ0) is 20.4. The van der Waals surface area contributed by atoms with Crippen LogP contribution in [0.2, 0.25) is 0 Å². The van der Waals surface area contributed by atoms with E-state index >= 15 is 0 Å². The van der Waals surface area contributed by atoms with Gasteiger partial charge < -0.3 is 18.9 Å². The molecule has 0 amide bonds. The largest absolute Gasteiger partial charge is 0.463 e. The Balaban J connectivity index is 2.01. The number of hydrogen-bond donors (Lipinski definition) is 0. The number of carbonyl (C=O) groups excluding carboxylic acids is 3. The van der Waals surface area contributed by atoms with E-state index in [-0.39, 0.29) is 23.9 Å². The Morgan fingerprint density at radius 2 is 1.85 bits per heavy atom. The predicted octanol–water partition coefficient (Wildman–Crippen LogP) is 0.150. The van der Waals surface area contributed by atoms with E-state index in [0.29, 0.717) is 0 Å². The third kappa shape index (κ3) is 4.03. The second kappa shape index (κ2) is 7.66. The van der Waals surface area contributed by atoms with Crippen molar-refractivity contribution in [2.75, 3.05) is 6.61 Å². The van der Waals surface area contributed by atoms with Crippen LogP contribution in [0, 0.1) is 0 Å². The van der Waals surface area contributed by atoms with Gasteiger partial charge in [-0.3, -0.25) is 19.0 Å². The van der Waals surface area contributed by atoms with Crippen LogP contribution in [0.5, 0.6) is 0 Å². The summed E-state index contributed by atoms with van der Waals surface area (Å²) in [6.07, 6.45) is -1.48. The molecular weight excluding hydrogens is 360 g/mol. The first-order valence-electron chi connectivity index (χ1n) is 8.55. The van der Waals surface area contributed by atoms with Crippen LogP contribution in [0.4, 0.5) is 0 Å². The smallest absolute Gasteiger partial charge is 0.303 e. The number of hydrogen-bond acceptors (Lipinski definition) is 10. The molecule has 0 spiro atoms. The van der Waals surface area contributed by atoms with Crippen LogP contribution in [0.3, 0.4) is 0 Å². The Kier molecular flexibility index (Phi) is 4.92. The fourth-order valence-electron chi connectivity index (χ4n) is 2.84. The number of esters is 3. The average Bonchev–Trinajstić information content (AvgIpc) is 3.16. The SMILES string of the molecule is [2H]c1ncnc2c1ncn2[C@@H]1O[C@H](COC(C)=O)[C@@H](OC(C)=O)[C@@H]1OC(C)=O. The summed E-state index contributed by atoms with van der Waals surface area (Å²) >= 11 is 0. The molecule has 1 saturated heterocycles. The molecule has 1 aliphatic heterocycles. The van der Waals surface area contributed by atoms with Crippen molar-refractivity contribution in [1.82, 2.24) is 19.5 Å². The number of ether oxygens (including phenoxy) is 4. The third-order valence-corrected chi connectivity index (χ3v) is 3.79. The zero-order valence-corrected chi connectivity index (χ0v) is 14.8. The lowest BCUT2D eigenvalue weighted by Crippen LogP contribution is -2.40. The van der Waals surface area contributed by atoms with Crippen LogP contribution in [0.1, 0.15) is 28.4 Å². The number of rotatable bonds is 5. The normalized spacial score (nSPS) is 25.1. The van der Waals surface area contributed by atoms with E-state index in [0.717, 1.165) is 0 Å². The highest BCUT2D eigenvalue weighted by atomic mass is 16.7. The van der Waals surface area contributed by atoms with Crippen LogP contribution < -0.4 is 0 Å². The quantitative estimate of drug-likeness (QED) is 0.522. The Bertz CT molecular complexity index is 918. The highest BCUT2D eigenvalue weighted by Gasteiger charge is 2.51. The number of carbonyl (C=O) groups is 3. The van der Waals surface area contributed by atoms with E-state index in [4.69, 9.17) is 20.3 Å². The van der Waals surface area contributed by atoms with Gasteiger partial charge in [0.25, 0.3) is 0 Å². The Morgan fingerprint density at radius 3 is 2.52 bits per heavy atom. The minimum absolute atomic E-state index is 0.0845. The standard InChI is InChI=1S/C16H18N4O7/c1-8(21)24-5-12-13(25-9(2)22)14(26-10(3)23)16(27-12)20-7-19-11-4-17-6-18-15(11)20/h4,6-7,12-14,16H,5H2,1-3H3/t12-,13-,14+,16-/m1/s1/i4D. The third-order valence-electron chi connectivity index (χ3n) is 3.79. The fourth-order valence-corrected chi connectivity index (χ4v) is 2.84. The molecule has 2 aromatic rings. The number of imidazole rings is 1. The van der Waals surface area contributed by atoms with Crippen LogP contribution in [-0.2, 0) is 33.3 Å². The molecule has 11 nitrogen and oxygen atoms in total. The molecule has 3 heterocycles. The minimum atomic E-state index is -1.05. The average molecular weight is 379 g/mol. The molecule has 0 saturated carbocycles. The molecule has 1 aliphatic rings. The molecule has 1 fully saturated rings. The molecule has 0 N–H and O–H groups in total. The van der Waals surface area contributed by atoms with Gasteiger partial charge in [-0.15, -0.1) is 0 Å². The Labute approximate surface area is 155 Å². The monoisotopic (exact) mass is 379 g/mol. The molecule has 0 unspecified atom stereocenters. The maximum Gasteiger partial charge on any atom is 0.303 e. The van der Waals surface area contributed by atoms with Crippen LogP contribution in [0.15, 0.2) is 18.8 Å². The van der Waals surface area contributed by atoms with E-state index in [1.165, 1.54) is 38.0 Å². The summed E-state index contributed by atoms with van der Waals surface area (Å²) in [5.41, 5.74) is 0.497. The Morgan fingerprint density at radius 1 is 1.15 bits per heavy atom. The van der Waals surface area contributed by atoms with Gasteiger partial charge in [-0.2, -0.15) is 0 Å². The topological polar surface area (TPSA) is 132 Å². The maximum absolute atomic E-state index is 11.7. The molecule has 3 rings (SSSR count). The van der Waals surface area contributed by atoms with Crippen molar-refractivity contribution in [1.29, 1.82) is 0 Å². The minimum Gasteiger partial charge on any atom is -0.463 e. The summed E-state index contributed by atoms with van der Waals surface area (Å²) in [5, 5.41) is 0. The van der Waals surface area contributed by atoms with E-state index in [1.807, 2.05) is 0 Å². The van der Waals surface area contributed by atoms with Crippen LogP contribution >= 0.6 is 0 Å². The summed E-state index contributed by atoms with van der Waals surface area (Å²) < 4.78 is 30.8. The highest BCUT2D eigenvalue weighted by Crippen LogP contribution is 2.35. The summed E-state index contributed by atoms with van der Waals surface area (Å²) in [5.74, 6) is -1.79. The van der Waals surface area contributed by atoms with Gasteiger partial charge in [-0.25, -0.2) is 15.0 Å². The van der Waals surface area contributed by atoms with Crippen molar-refractivity contribution in [3.63, 3.8) is 0 Å². The maximum atomic E-state index is 11.7. The molecule has 11 heteroatoms. The zero-order valence-electron chi connectivity index (χ0n) is 15.8. The van der Waals surface area contributed by atoms with Crippen LogP contribution in [0.25, 0.3) is 11.2 Å². The summed E-state index contributed by atoms with van der Waals surface area (Å²) in [6, 6.07) is 0. The fraction of sp³-hybridized carbons (Fsp3) is 0.500. The first-order chi connectivity index (χ1) is 13.3. The van der Waals surface area contributed by atoms with Crippen molar-refractivity contribution in [2.24, 2.45) is 0 Å². The Hall–Kier alpha value is -3.08. The van der Waals surface area contributed by atoms with Crippen molar-refractivity contribution >= 4 is 29.1 Å². The lowest BCUT2D eigenvalue weighted by atomic mass is 10.1. The lowest BCUT2D eigenvalue weighted by Gasteiger charge is -2.23. The van der Waals surface area contributed by atoms with E-state index < -0.39 is 42.4 Å². The van der Waals surface area contributed by atoms with Crippen molar-refractivity contribution in [2.45, 2.75) is 45.3 Å². The predicted molar refractivity (Wildman–Crippen MR) is 87.0 cm³/mol. The van der Waals surface area contributed by atoms with Gasteiger partial charge >= 0.3 is 17.9 Å². The molecule has 0 radical (unpaired) electrons. The molecule has 0 aliphatic carbocycles. The van der Waals surface area contributed by atoms with Crippen LogP contribution in [-0.4, -0.2) is 62.3 Å². The van der Waals surface area contributed by atoms with Gasteiger partial charge in [0.2, 0.25) is 0 Å². The first-order valence-corrected chi connectivity index (χ1v) is 8.05. The molecular formula is C16H18N4O7. The lowest BCUT2D eigenvalue weighted by molar-refractivity contribution is -0.166. The summed E-state index contributed by atoms with van der Waals surface area (Å²) in [6.45, 7) is 3.42. The number of aromatic nitrogens is 4. The van der Waals surface area contributed by atoms with Crippen molar-refractivity contribution in [3.05, 3.63) is 18.8 Å². The molecule has 27 heavy (non-hydrogen) atoms. The van der Waals surface area contributed by atoms with Gasteiger partial charge in [0.05, 0.1) is 13.9 Å². The van der Waals surface area contributed by atoms with Gasteiger partial charge in [-0.1, -0.05) is 0 Å². The van der Waals surface area contributed by atoms with Gasteiger partial charge in [0.1, 0.15) is 24.6 Å². The van der Waals surface area contributed by atoms with E-state index in [2.05, 4.69) is 15.0 Å². The summed E-state index contributed by atoms with van der Waals surface area (Å²) in [7, 11) is 0. The molecule has 0 aromatic carbocycles. The number of fused-ring (bicyclic) bond motifs is 1. The molecule has 2 aromatic heterocycles. The highest BCUT2D eigenvalue weighted by molar-refractivity contribution is 5.70. The van der Waals surface area contributed by atoms with E-state index in [1.54, 1.807) is 0 Å². The summed E-state index contributed by atoms with van der Waals surface area (Å²) in [4.78, 5) is 46.4. The first kappa shape index (κ1) is 17.3. The molecule has 0 bridgehead atoms. The van der Waals surface area contributed by atoms with Crippen molar-refractivity contribution < 1.29 is 34.7 Å². The van der Waals surface area contributed by atoms with Gasteiger partial charge in [-0.05, 0) is 0 Å². The molecule has 144 valence electrons. The van der Waals surface area contributed by atoms with Gasteiger partial charge in [0.15, 0.2) is 24.1 Å². The van der Waals surface area contributed by atoms with Gasteiger partial charge in [0, 0.05) is 20.8 Å².